The molecule has 18 heavy (non-hydrogen) atoms. The van der Waals surface area contributed by atoms with Gasteiger partial charge in [-0.3, -0.25) is 0 Å². The van der Waals surface area contributed by atoms with Gasteiger partial charge in [0.25, 0.3) is 0 Å². The zero-order valence-corrected chi connectivity index (χ0v) is 10.1. The number of allylic oxidation sites excluding steroid dienone is 1. The van der Waals surface area contributed by atoms with Crippen molar-refractivity contribution in [3.8, 4) is 11.8 Å². The van der Waals surface area contributed by atoms with Crippen LogP contribution in [0.25, 0.3) is 0 Å². The van der Waals surface area contributed by atoms with Crippen LogP contribution in [-0.2, 0) is 14.3 Å². The highest BCUT2D eigenvalue weighted by Crippen LogP contribution is 2.04. The van der Waals surface area contributed by atoms with Gasteiger partial charge in [-0.2, -0.15) is 0 Å². The maximum absolute atomic E-state index is 11.2. The van der Waals surface area contributed by atoms with E-state index >= 15 is 0 Å². The van der Waals surface area contributed by atoms with Crippen molar-refractivity contribution < 1.29 is 19.1 Å². The van der Waals surface area contributed by atoms with Crippen molar-refractivity contribution in [3.63, 3.8) is 0 Å². The molecular formula is C14H12O4. The monoisotopic (exact) mass is 244 g/mol. The molecule has 0 N–H and O–H groups in total. The first-order chi connectivity index (χ1) is 8.67. The minimum absolute atomic E-state index is 0.389. The van der Waals surface area contributed by atoms with Crippen molar-refractivity contribution in [3.05, 3.63) is 47.5 Å². The standard InChI is InChI=1S/C14H12O4/c1-17-13(15)6-4-3-5-11-7-9-12(10-8-11)14(16)18-2/h4,6-10H,1-2H3/b6-4+. The number of hydrogen-bond donors (Lipinski definition) is 0. The largest absolute Gasteiger partial charge is 0.466 e. The number of methoxy groups -OCH3 is 2. The van der Waals surface area contributed by atoms with Crippen LogP contribution >= 0.6 is 0 Å². The van der Waals surface area contributed by atoms with Crippen molar-refractivity contribution in [2.45, 2.75) is 0 Å². The van der Waals surface area contributed by atoms with Crippen molar-refractivity contribution in [1.29, 1.82) is 0 Å². The molecule has 4 heteroatoms. The summed E-state index contributed by atoms with van der Waals surface area (Å²) in [6.45, 7) is 0. The molecule has 0 bridgehead atoms. The van der Waals surface area contributed by atoms with Crippen LogP contribution in [0.15, 0.2) is 36.4 Å². The average molecular weight is 244 g/mol. The number of carbonyl (C=O) groups excluding carboxylic acids is 2. The van der Waals surface area contributed by atoms with Crippen LogP contribution in [0.5, 0.6) is 0 Å². The molecule has 1 aromatic rings. The Morgan fingerprint density at radius 1 is 1.11 bits per heavy atom. The summed E-state index contributed by atoms with van der Waals surface area (Å²) in [7, 11) is 2.62. The Balaban J connectivity index is 2.70. The predicted molar refractivity (Wildman–Crippen MR) is 65.8 cm³/mol. The smallest absolute Gasteiger partial charge is 0.337 e. The van der Waals surface area contributed by atoms with Gasteiger partial charge in [-0.25, -0.2) is 9.59 Å². The Morgan fingerprint density at radius 3 is 2.33 bits per heavy atom. The van der Waals surface area contributed by atoms with Crippen molar-refractivity contribution in [2.75, 3.05) is 14.2 Å². The highest BCUT2D eigenvalue weighted by Gasteiger charge is 2.02. The summed E-state index contributed by atoms with van der Waals surface area (Å²) in [4.78, 5) is 21.9. The lowest BCUT2D eigenvalue weighted by Crippen LogP contribution is -2.00. The third kappa shape index (κ3) is 4.14. The molecule has 0 heterocycles. The molecule has 1 rings (SSSR count). The van der Waals surface area contributed by atoms with E-state index in [0.29, 0.717) is 5.56 Å². The normalized spacial score (nSPS) is 9.44. The molecule has 0 aromatic heterocycles. The molecule has 0 atom stereocenters. The topological polar surface area (TPSA) is 52.6 Å². The van der Waals surface area contributed by atoms with E-state index in [1.165, 1.54) is 26.4 Å². The average Bonchev–Trinajstić information content (AvgIpc) is 2.43. The molecule has 0 saturated carbocycles. The fourth-order valence-corrected chi connectivity index (χ4v) is 1.11. The van der Waals surface area contributed by atoms with E-state index in [4.69, 9.17) is 0 Å². The molecule has 0 amide bonds. The molecule has 92 valence electrons. The van der Waals surface area contributed by atoms with Crippen molar-refractivity contribution in [1.82, 2.24) is 0 Å². The van der Waals surface area contributed by atoms with E-state index in [1.807, 2.05) is 0 Å². The second-order valence-electron chi connectivity index (χ2n) is 3.19. The first kappa shape index (κ1) is 13.5. The molecule has 0 saturated heterocycles. The van der Waals surface area contributed by atoms with E-state index in [2.05, 4.69) is 21.3 Å². The summed E-state index contributed by atoms with van der Waals surface area (Å²) >= 11 is 0. The number of esters is 2. The van der Waals surface area contributed by atoms with Gasteiger partial charge in [-0.15, -0.1) is 0 Å². The van der Waals surface area contributed by atoms with E-state index < -0.39 is 5.97 Å². The Hall–Kier alpha value is -2.54. The number of benzene rings is 1. The Labute approximate surface area is 105 Å². The van der Waals surface area contributed by atoms with E-state index in [9.17, 15) is 9.59 Å². The number of hydrogen-bond acceptors (Lipinski definition) is 4. The van der Waals surface area contributed by atoms with Crippen LogP contribution in [0.1, 0.15) is 15.9 Å². The van der Waals surface area contributed by atoms with Gasteiger partial charge < -0.3 is 9.47 Å². The quantitative estimate of drug-likeness (QED) is 0.450. The Morgan fingerprint density at radius 2 is 1.78 bits per heavy atom. The van der Waals surface area contributed by atoms with Crippen LogP contribution in [-0.4, -0.2) is 26.2 Å². The van der Waals surface area contributed by atoms with Crippen molar-refractivity contribution in [2.24, 2.45) is 0 Å². The zero-order valence-electron chi connectivity index (χ0n) is 10.1. The summed E-state index contributed by atoms with van der Waals surface area (Å²) < 4.78 is 8.99. The third-order valence-electron chi connectivity index (χ3n) is 2.03. The number of carbonyl (C=O) groups is 2. The lowest BCUT2D eigenvalue weighted by Gasteiger charge is -1.97. The third-order valence-corrected chi connectivity index (χ3v) is 2.03. The van der Waals surface area contributed by atoms with Crippen LogP contribution in [0.3, 0.4) is 0 Å². The highest BCUT2D eigenvalue weighted by molar-refractivity contribution is 5.89. The van der Waals surface area contributed by atoms with Crippen molar-refractivity contribution >= 4 is 11.9 Å². The SMILES string of the molecule is COC(=O)/C=C/C#Cc1ccc(C(=O)OC)cc1. The molecule has 0 unspecified atom stereocenters. The minimum atomic E-state index is -0.453. The fourth-order valence-electron chi connectivity index (χ4n) is 1.11. The predicted octanol–water partition coefficient (Wildman–Crippen LogP) is 1.55. The maximum atomic E-state index is 11.2. The van der Waals surface area contributed by atoms with Gasteiger partial charge in [0.05, 0.1) is 19.8 Å². The summed E-state index contributed by atoms with van der Waals surface area (Å²) in [6.07, 6.45) is 2.63. The van der Waals surface area contributed by atoms with Gasteiger partial charge in [0.15, 0.2) is 0 Å². The van der Waals surface area contributed by atoms with Crippen LogP contribution in [0.2, 0.25) is 0 Å². The van der Waals surface area contributed by atoms with Crippen LogP contribution < -0.4 is 0 Å². The van der Waals surface area contributed by atoms with Crippen LogP contribution in [0, 0.1) is 11.8 Å². The van der Waals surface area contributed by atoms with Gasteiger partial charge in [0.2, 0.25) is 0 Å². The van der Waals surface area contributed by atoms with Gasteiger partial charge in [-0.05, 0) is 30.3 Å². The summed E-state index contributed by atoms with van der Waals surface area (Å²) in [6, 6.07) is 6.65. The molecule has 4 nitrogen and oxygen atoms in total. The molecule has 0 aliphatic carbocycles. The maximum Gasteiger partial charge on any atom is 0.337 e. The number of ether oxygens (including phenoxy) is 2. The molecule has 0 spiro atoms. The summed E-state index contributed by atoms with van der Waals surface area (Å²) in [5.41, 5.74) is 1.20. The Bertz CT molecular complexity index is 515. The van der Waals surface area contributed by atoms with E-state index in [1.54, 1.807) is 24.3 Å². The molecule has 1 aromatic carbocycles. The molecule has 0 radical (unpaired) electrons. The highest BCUT2D eigenvalue weighted by atomic mass is 16.5. The zero-order chi connectivity index (χ0) is 13.4. The molecule has 0 aliphatic heterocycles. The van der Waals surface area contributed by atoms with Gasteiger partial charge >= 0.3 is 11.9 Å². The summed E-state index contributed by atoms with van der Waals surface area (Å²) in [5.74, 6) is 4.65. The minimum Gasteiger partial charge on any atom is -0.466 e. The first-order valence-electron chi connectivity index (χ1n) is 5.12. The van der Waals surface area contributed by atoms with E-state index in [0.717, 1.165) is 5.56 Å². The molecule has 0 aliphatic rings. The summed E-state index contributed by atoms with van der Waals surface area (Å²) in [5, 5.41) is 0. The molecular weight excluding hydrogens is 232 g/mol. The van der Waals surface area contributed by atoms with E-state index in [-0.39, 0.29) is 5.97 Å². The first-order valence-corrected chi connectivity index (χ1v) is 5.12. The molecule has 0 fully saturated rings. The van der Waals surface area contributed by atoms with Crippen LogP contribution in [0.4, 0.5) is 0 Å². The second-order valence-corrected chi connectivity index (χ2v) is 3.19. The number of rotatable bonds is 2. The second kappa shape index (κ2) is 6.92. The van der Waals surface area contributed by atoms with Gasteiger partial charge in [0.1, 0.15) is 0 Å². The van der Waals surface area contributed by atoms with Gasteiger partial charge in [0, 0.05) is 11.6 Å². The fraction of sp³-hybridized carbons (Fsp3) is 0.143. The van der Waals surface area contributed by atoms with Gasteiger partial charge in [-0.1, -0.05) is 11.8 Å². The lowest BCUT2D eigenvalue weighted by atomic mass is 10.1. The lowest BCUT2D eigenvalue weighted by molar-refractivity contribution is -0.134. The Kier molecular flexibility index (Phi) is 5.20.